The van der Waals surface area contributed by atoms with Gasteiger partial charge in [-0.05, 0) is 54.1 Å². The molecule has 0 saturated carbocycles. The van der Waals surface area contributed by atoms with E-state index in [4.69, 9.17) is 10.5 Å². The summed E-state index contributed by atoms with van der Waals surface area (Å²) < 4.78 is 5.16. The van der Waals surface area contributed by atoms with Gasteiger partial charge in [-0.1, -0.05) is 0 Å². The van der Waals surface area contributed by atoms with E-state index < -0.39 is 5.60 Å². The first-order valence-electron chi connectivity index (χ1n) is 6.08. The van der Waals surface area contributed by atoms with Crippen LogP contribution in [0.25, 0.3) is 0 Å². The SMILES string of the molecule is CC(C)(CNC(=O)OC(C)(C)C)NCCCN. The molecule has 0 heterocycles. The highest BCUT2D eigenvalue weighted by molar-refractivity contribution is 5.67. The molecule has 102 valence electrons. The fraction of sp³-hybridized carbons (Fsp3) is 0.917. The standard InChI is InChI=1S/C12H27N3O2/c1-11(2,3)17-10(16)14-9-12(4,5)15-8-6-7-13/h15H,6-9,13H2,1-5H3,(H,14,16). The maximum Gasteiger partial charge on any atom is 0.407 e. The second kappa shape index (κ2) is 6.81. The molecule has 0 aromatic heterocycles. The Morgan fingerprint density at radius 1 is 1.24 bits per heavy atom. The van der Waals surface area contributed by atoms with Crippen LogP contribution in [0.3, 0.4) is 0 Å². The van der Waals surface area contributed by atoms with E-state index in [1.54, 1.807) is 0 Å². The van der Waals surface area contributed by atoms with Gasteiger partial charge in [0.2, 0.25) is 0 Å². The molecular formula is C12H27N3O2. The minimum absolute atomic E-state index is 0.161. The van der Waals surface area contributed by atoms with Crippen molar-refractivity contribution >= 4 is 6.09 Å². The molecule has 0 aliphatic rings. The zero-order valence-corrected chi connectivity index (χ0v) is 11.7. The first-order valence-corrected chi connectivity index (χ1v) is 6.08. The summed E-state index contributed by atoms with van der Waals surface area (Å²) in [5.74, 6) is 0. The van der Waals surface area contributed by atoms with Crippen molar-refractivity contribution in [2.24, 2.45) is 5.73 Å². The molecule has 4 N–H and O–H groups in total. The number of rotatable bonds is 6. The van der Waals surface area contributed by atoms with Crippen LogP contribution in [0.4, 0.5) is 4.79 Å². The smallest absolute Gasteiger partial charge is 0.407 e. The molecule has 5 heteroatoms. The van der Waals surface area contributed by atoms with Gasteiger partial charge in [0.1, 0.15) is 5.60 Å². The second-order valence-electron chi connectivity index (χ2n) is 5.81. The maximum absolute atomic E-state index is 11.5. The summed E-state index contributed by atoms with van der Waals surface area (Å²) in [5, 5.41) is 6.08. The maximum atomic E-state index is 11.5. The van der Waals surface area contributed by atoms with Crippen molar-refractivity contribution in [3.8, 4) is 0 Å². The van der Waals surface area contributed by atoms with Crippen molar-refractivity contribution < 1.29 is 9.53 Å². The number of carbonyl (C=O) groups excluding carboxylic acids is 1. The van der Waals surface area contributed by atoms with Gasteiger partial charge in [-0.3, -0.25) is 0 Å². The molecule has 0 radical (unpaired) electrons. The molecule has 1 amide bonds. The van der Waals surface area contributed by atoms with Crippen molar-refractivity contribution in [3.63, 3.8) is 0 Å². The first kappa shape index (κ1) is 16.2. The molecule has 0 rings (SSSR count). The largest absolute Gasteiger partial charge is 0.444 e. The van der Waals surface area contributed by atoms with Crippen molar-refractivity contribution in [1.82, 2.24) is 10.6 Å². The van der Waals surface area contributed by atoms with E-state index in [1.165, 1.54) is 0 Å². The summed E-state index contributed by atoms with van der Waals surface area (Å²) >= 11 is 0. The van der Waals surface area contributed by atoms with Gasteiger partial charge < -0.3 is 21.1 Å². The molecule has 0 aromatic rings. The lowest BCUT2D eigenvalue weighted by Crippen LogP contribution is -2.50. The Kier molecular flexibility index (Phi) is 6.49. The van der Waals surface area contributed by atoms with Crippen molar-refractivity contribution in [3.05, 3.63) is 0 Å². The van der Waals surface area contributed by atoms with Crippen molar-refractivity contribution in [2.75, 3.05) is 19.6 Å². The molecule has 0 fully saturated rings. The Labute approximate surface area is 104 Å². The van der Waals surface area contributed by atoms with E-state index in [0.29, 0.717) is 13.1 Å². The van der Waals surface area contributed by atoms with Crippen LogP contribution in [0.15, 0.2) is 0 Å². The van der Waals surface area contributed by atoms with Crippen LogP contribution in [-0.2, 0) is 4.74 Å². The average molecular weight is 245 g/mol. The highest BCUT2D eigenvalue weighted by Crippen LogP contribution is 2.07. The number of alkyl carbamates (subject to hydrolysis) is 1. The third kappa shape index (κ3) is 10.1. The number of carbonyl (C=O) groups is 1. The number of ether oxygens (including phenoxy) is 1. The molecule has 0 spiro atoms. The molecule has 0 aromatic carbocycles. The van der Waals surface area contributed by atoms with Crippen LogP contribution >= 0.6 is 0 Å². The summed E-state index contributed by atoms with van der Waals surface area (Å²) in [7, 11) is 0. The molecule has 0 saturated heterocycles. The van der Waals surface area contributed by atoms with Gasteiger partial charge in [0, 0.05) is 12.1 Å². The molecule has 5 nitrogen and oxygen atoms in total. The Hall–Kier alpha value is -0.810. The Morgan fingerprint density at radius 2 is 1.82 bits per heavy atom. The zero-order valence-electron chi connectivity index (χ0n) is 11.7. The average Bonchev–Trinajstić information content (AvgIpc) is 2.13. The predicted octanol–water partition coefficient (Wildman–Crippen LogP) is 1.23. The van der Waals surface area contributed by atoms with Crippen LogP contribution < -0.4 is 16.4 Å². The topological polar surface area (TPSA) is 76.4 Å². The summed E-state index contributed by atoms with van der Waals surface area (Å²) in [6, 6.07) is 0. The summed E-state index contributed by atoms with van der Waals surface area (Å²) in [4.78, 5) is 11.5. The minimum atomic E-state index is -0.457. The number of hydrogen-bond acceptors (Lipinski definition) is 4. The Balaban J connectivity index is 3.88. The van der Waals surface area contributed by atoms with Crippen molar-refractivity contribution in [1.29, 1.82) is 0 Å². The minimum Gasteiger partial charge on any atom is -0.444 e. The fourth-order valence-corrected chi connectivity index (χ4v) is 1.20. The van der Waals surface area contributed by atoms with Gasteiger partial charge in [0.15, 0.2) is 0 Å². The van der Waals surface area contributed by atoms with E-state index in [2.05, 4.69) is 10.6 Å². The van der Waals surface area contributed by atoms with Crippen molar-refractivity contribution in [2.45, 2.75) is 52.2 Å². The Morgan fingerprint density at radius 3 is 2.29 bits per heavy atom. The van der Waals surface area contributed by atoms with Gasteiger partial charge in [0.25, 0.3) is 0 Å². The molecule has 0 bridgehead atoms. The van der Waals surface area contributed by atoms with E-state index in [-0.39, 0.29) is 11.6 Å². The Bertz CT molecular complexity index is 234. The van der Waals surface area contributed by atoms with Gasteiger partial charge in [-0.25, -0.2) is 4.79 Å². The highest BCUT2D eigenvalue weighted by atomic mass is 16.6. The quantitative estimate of drug-likeness (QED) is 0.615. The second-order valence-corrected chi connectivity index (χ2v) is 5.81. The van der Waals surface area contributed by atoms with Gasteiger partial charge in [-0.15, -0.1) is 0 Å². The number of amides is 1. The van der Waals surface area contributed by atoms with E-state index >= 15 is 0 Å². The van der Waals surface area contributed by atoms with Gasteiger partial charge in [0.05, 0.1) is 0 Å². The highest BCUT2D eigenvalue weighted by Gasteiger charge is 2.20. The van der Waals surface area contributed by atoms with E-state index in [9.17, 15) is 4.79 Å². The number of nitrogens with two attached hydrogens (primary N) is 1. The zero-order chi connectivity index (χ0) is 13.5. The van der Waals surface area contributed by atoms with Gasteiger partial charge in [-0.2, -0.15) is 0 Å². The third-order valence-corrected chi connectivity index (χ3v) is 2.06. The summed E-state index contributed by atoms with van der Waals surface area (Å²) in [5.41, 5.74) is 4.80. The van der Waals surface area contributed by atoms with Crippen LogP contribution in [0.5, 0.6) is 0 Å². The molecule has 0 aliphatic carbocycles. The van der Waals surface area contributed by atoms with Crippen LogP contribution in [0.1, 0.15) is 41.0 Å². The lowest BCUT2D eigenvalue weighted by atomic mass is 10.1. The lowest BCUT2D eigenvalue weighted by molar-refractivity contribution is 0.0514. The molecule has 0 aliphatic heterocycles. The number of nitrogens with one attached hydrogen (secondary N) is 2. The predicted molar refractivity (Wildman–Crippen MR) is 70.0 cm³/mol. The van der Waals surface area contributed by atoms with Gasteiger partial charge >= 0.3 is 6.09 Å². The van der Waals surface area contributed by atoms with Crippen LogP contribution in [0, 0.1) is 0 Å². The van der Waals surface area contributed by atoms with Crippen LogP contribution in [0.2, 0.25) is 0 Å². The normalized spacial score (nSPS) is 12.4. The van der Waals surface area contributed by atoms with Crippen LogP contribution in [-0.4, -0.2) is 36.9 Å². The molecule has 0 atom stereocenters. The molecule has 17 heavy (non-hydrogen) atoms. The molecule has 0 unspecified atom stereocenters. The third-order valence-electron chi connectivity index (χ3n) is 2.06. The summed E-state index contributed by atoms with van der Waals surface area (Å²) in [6.45, 7) is 11.6. The summed E-state index contributed by atoms with van der Waals surface area (Å²) in [6.07, 6.45) is 0.543. The van der Waals surface area contributed by atoms with E-state index in [0.717, 1.165) is 13.0 Å². The van der Waals surface area contributed by atoms with E-state index in [1.807, 2.05) is 34.6 Å². The first-order chi connectivity index (χ1) is 7.66. The molecular weight excluding hydrogens is 218 g/mol. The number of hydrogen-bond donors (Lipinski definition) is 3. The lowest BCUT2D eigenvalue weighted by Gasteiger charge is -2.27. The monoisotopic (exact) mass is 245 g/mol. The fourth-order valence-electron chi connectivity index (χ4n) is 1.20.